The largest absolute Gasteiger partial charge is 0.494 e. The van der Waals surface area contributed by atoms with E-state index in [1.165, 1.54) is 24.8 Å². The first-order valence-corrected chi connectivity index (χ1v) is 6.72. The Hall–Kier alpha value is -1.55. The van der Waals surface area contributed by atoms with Crippen LogP contribution in [0.15, 0.2) is 40.9 Å². The quantitative estimate of drug-likeness (QED) is 0.893. The van der Waals surface area contributed by atoms with E-state index >= 15 is 0 Å². The van der Waals surface area contributed by atoms with Crippen molar-refractivity contribution < 1.29 is 9.13 Å². The Bertz CT molecular complexity index is 586. The van der Waals surface area contributed by atoms with Crippen molar-refractivity contribution in [2.75, 3.05) is 12.4 Å². The van der Waals surface area contributed by atoms with Gasteiger partial charge in [0, 0.05) is 17.1 Å². The summed E-state index contributed by atoms with van der Waals surface area (Å²) in [6.45, 7) is 2.70. The van der Waals surface area contributed by atoms with Gasteiger partial charge >= 0.3 is 0 Å². The van der Waals surface area contributed by atoms with E-state index in [0.717, 1.165) is 15.7 Å². The number of anilines is 1. The normalized spacial score (nSPS) is 10.3. The van der Waals surface area contributed by atoms with Crippen molar-refractivity contribution in [3.63, 3.8) is 0 Å². The molecule has 0 saturated heterocycles. The first-order chi connectivity index (χ1) is 9.10. The predicted octanol–water partition coefficient (Wildman–Crippen LogP) is 4.52. The molecule has 0 amide bonds. The molecule has 0 atom stereocenters. The summed E-state index contributed by atoms with van der Waals surface area (Å²) in [5.41, 5.74) is 3.12. The van der Waals surface area contributed by atoms with E-state index in [1.54, 1.807) is 6.07 Å². The van der Waals surface area contributed by atoms with Crippen LogP contribution in [-0.4, -0.2) is 7.11 Å². The van der Waals surface area contributed by atoms with Crippen LogP contribution >= 0.6 is 15.9 Å². The van der Waals surface area contributed by atoms with Crippen LogP contribution in [0.5, 0.6) is 5.75 Å². The van der Waals surface area contributed by atoms with Crippen LogP contribution < -0.4 is 10.1 Å². The summed E-state index contributed by atoms with van der Waals surface area (Å²) >= 11 is 3.51. The molecule has 0 fully saturated rings. The molecule has 1 N–H and O–H groups in total. The van der Waals surface area contributed by atoms with Crippen LogP contribution in [0.4, 0.5) is 10.1 Å². The van der Waals surface area contributed by atoms with Gasteiger partial charge in [-0.3, -0.25) is 0 Å². The minimum Gasteiger partial charge on any atom is -0.494 e. The fourth-order valence-electron chi connectivity index (χ4n) is 1.75. The molecule has 0 saturated carbocycles. The smallest absolute Gasteiger partial charge is 0.144 e. The Labute approximate surface area is 120 Å². The number of ether oxygens (including phenoxy) is 1. The summed E-state index contributed by atoms with van der Waals surface area (Å²) in [5.74, 6) is 0.201. The van der Waals surface area contributed by atoms with Crippen molar-refractivity contribution in [1.82, 2.24) is 0 Å². The molecule has 2 aromatic carbocycles. The molecule has 0 aliphatic heterocycles. The molecule has 0 unspecified atom stereocenters. The minimum absolute atomic E-state index is 0.305. The van der Waals surface area contributed by atoms with E-state index < -0.39 is 0 Å². The van der Waals surface area contributed by atoms with Gasteiger partial charge in [0.25, 0.3) is 0 Å². The van der Waals surface area contributed by atoms with Crippen molar-refractivity contribution in [2.24, 2.45) is 0 Å². The standard InChI is InChI=1S/C15H15BrFNO/c1-10-3-4-11(7-13(10)16)9-18-14-6-5-12(17)8-15(14)19-2/h3-8,18H,9H2,1-2H3. The number of rotatable bonds is 4. The summed E-state index contributed by atoms with van der Waals surface area (Å²) < 4.78 is 19.3. The zero-order valence-electron chi connectivity index (χ0n) is 10.8. The van der Waals surface area contributed by atoms with Gasteiger partial charge in [0.05, 0.1) is 12.8 Å². The number of aryl methyl sites for hydroxylation is 1. The molecule has 100 valence electrons. The number of nitrogens with one attached hydrogen (secondary N) is 1. The van der Waals surface area contributed by atoms with Gasteiger partial charge in [-0.2, -0.15) is 0 Å². The SMILES string of the molecule is COc1cc(F)ccc1NCc1ccc(C)c(Br)c1. The topological polar surface area (TPSA) is 21.3 Å². The van der Waals surface area contributed by atoms with Crippen LogP contribution in [0.25, 0.3) is 0 Å². The molecule has 0 aliphatic carbocycles. The average Bonchev–Trinajstić information content (AvgIpc) is 2.41. The van der Waals surface area contributed by atoms with Crippen LogP contribution in [0.3, 0.4) is 0 Å². The van der Waals surface area contributed by atoms with E-state index in [0.29, 0.717) is 12.3 Å². The Morgan fingerprint density at radius 3 is 2.68 bits per heavy atom. The Balaban J connectivity index is 2.12. The highest BCUT2D eigenvalue weighted by molar-refractivity contribution is 9.10. The van der Waals surface area contributed by atoms with Crippen molar-refractivity contribution in [3.05, 3.63) is 57.8 Å². The maximum absolute atomic E-state index is 13.1. The fourth-order valence-corrected chi connectivity index (χ4v) is 2.18. The highest BCUT2D eigenvalue weighted by atomic mass is 79.9. The van der Waals surface area contributed by atoms with Crippen LogP contribution in [0, 0.1) is 12.7 Å². The van der Waals surface area contributed by atoms with E-state index in [9.17, 15) is 4.39 Å². The van der Waals surface area contributed by atoms with Crippen LogP contribution in [-0.2, 0) is 6.54 Å². The molecule has 0 heterocycles. The van der Waals surface area contributed by atoms with Crippen LogP contribution in [0.2, 0.25) is 0 Å². The van der Waals surface area contributed by atoms with Gasteiger partial charge in [-0.05, 0) is 36.2 Å². The maximum Gasteiger partial charge on any atom is 0.144 e. The molecular formula is C15H15BrFNO. The molecule has 0 bridgehead atoms. The zero-order valence-corrected chi connectivity index (χ0v) is 12.4. The molecule has 0 aromatic heterocycles. The summed E-state index contributed by atoms with van der Waals surface area (Å²) in [6, 6.07) is 10.6. The van der Waals surface area contributed by atoms with Gasteiger partial charge in [0.15, 0.2) is 0 Å². The van der Waals surface area contributed by atoms with E-state index in [-0.39, 0.29) is 5.82 Å². The second-order valence-corrected chi connectivity index (χ2v) is 5.14. The van der Waals surface area contributed by atoms with Crippen molar-refractivity contribution in [2.45, 2.75) is 13.5 Å². The van der Waals surface area contributed by atoms with Gasteiger partial charge < -0.3 is 10.1 Å². The second-order valence-electron chi connectivity index (χ2n) is 4.28. The summed E-state index contributed by atoms with van der Waals surface area (Å²) in [7, 11) is 1.53. The molecular weight excluding hydrogens is 309 g/mol. The van der Waals surface area contributed by atoms with Gasteiger partial charge in [0.1, 0.15) is 11.6 Å². The van der Waals surface area contributed by atoms with Gasteiger partial charge in [-0.25, -0.2) is 4.39 Å². The highest BCUT2D eigenvalue weighted by Gasteiger charge is 2.04. The lowest BCUT2D eigenvalue weighted by atomic mass is 10.1. The Morgan fingerprint density at radius 1 is 1.21 bits per heavy atom. The number of benzene rings is 2. The van der Waals surface area contributed by atoms with Crippen molar-refractivity contribution >= 4 is 21.6 Å². The maximum atomic E-state index is 13.1. The lowest BCUT2D eigenvalue weighted by Crippen LogP contribution is -2.02. The van der Waals surface area contributed by atoms with Crippen molar-refractivity contribution in [1.29, 1.82) is 0 Å². The third-order valence-corrected chi connectivity index (χ3v) is 3.74. The molecule has 2 rings (SSSR count). The number of hydrogen-bond acceptors (Lipinski definition) is 2. The number of methoxy groups -OCH3 is 1. The second kappa shape index (κ2) is 6.06. The monoisotopic (exact) mass is 323 g/mol. The van der Waals surface area contributed by atoms with Gasteiger partial charge in [-0.1, -0.05) is 28.1 Å². The molecule has 4 heteroatoms. The van der Waals surface area contributed by atoms with Crippen LogP contribution in [0.1, 0.15) is 11.1 Å². The fraction of sp³-hybridized carbons (Fsp3) is 0.200. The minimum atomic E-state index is -0.305. The first-order valence-electron chi connectivity index (χ1n) is 5.92. The zero-order chi connectivity index (χ0) is 13.8. The van der Waals surface area contributed by atoms with E-state index in [4.69, 9.17) is 4.74 Å². The average molecular weight is 324 g/mol. The molecule has 2 nitrogen and oxygen atoms in total. The molecule has 19 heavy (non-hydrogen) atoms. The summed E-state index contributed by atoms with van der Waals surface area (Å²) in [6.07, 6.45) is 0. The lowest BCUT2D eigenvalue weighted by Gasteiger charge is -2.11. The third-order valence-electron chi connectivity index (χ3n) is 2.88. The Kier molecular flexibility index (Phi) is 4.43. The Morgan fingerprint density at radius 2 is 2.00 bits per heavy atom. The molecule has 0 radical (unpaired) electrons. The summed E-state index contributed by atoms with van der Waals surface area (Å²) in [4.78, 5) is 0. The molecule has 0 spiro atoms. The van der Waals surface area contributed by atoms with Crippen molar-refractivity contribution in [3.8, 4) is 5.75 Å². The number of hydrogen-bond donors (Lipinski definition) is 1. The van der Waals surface area contributed by atoms with Gasteiger partial charge in [0.2, 0.25) is 0 Å². The predicted molar refractivity (Wildman–Crippen MR) is 79.2 cm³/mol. The van der Waals surface area contributed by atoms with E-state index in [1.807, 2.05) is 6.92 Å². The summed E-state index contributed by atoms with van der Waals surface area (Å²) in [5, 5.41) is 3.24. The highest BCUT2D eigenvalue weighted by Crippen LogP contribution is 2.26. The molecule has 0 aliphatic rings. The first kappa shape index (κ1) is 13.9. The third kappa shape index (κ3) is 3.47. The molecule has 2 aromatic rings. The van der Waals surface area contributed by atoms with E-state index in [2.05, 4.69) is 39.4 Å². The number of halogens is 2. The lowest BCUT2D eigenvalue weighted by molar-refractivity contribution is 0.413. The van der Waals surface area contributed by atoms with Gasteiger partial charge in [-0.15, -0.1) is 0 Å².